The minimum atomic E-state index is 0. The Labute approximate surface area is 190 Å². The van der Waals surface area contributed by atoms with Gasteiger partial charge in [0.15, 0.2) is 5.96 Å². The van der Waals surface area contributed by atoms with E-state index in [9.17, 15) is 0 Å². The summed E-state index contributed by atoms with van der Waals surface area (Å²) in [5.74, 6) is 2.33. The highest BCUT2D eigenvalue weighted by atomic mass is 127. The first-order valence-electron chi connectivity index (χ1n) is 9.87. The number of ether oxygens (including phenoxy) is 2. The number of hydrogen-bond acceptors (Lipinski definition) is 4. The molecule has 0 amide bonds. The van der Waals surface area contributed by atoms with E-state index in [1.807, 2.05) is 12.1 Å². The summed E-state index contributed by atoms with van der Waals surface area (Å²) in [7, 11) is 3.38. The summed E-state index contributed by atoms with van der Waals surface area (Å²) in [5, 5.41) is 6.69. The molecule has 1 aliphatic carbocycles. The topological polar surface area (TPSA) is 67.8 Å². The standard InChI is InChI=1S/C22H30N4O2.HI/c1-16-8-10-18(20(12-16)28-19-6-4-5-7-19)15-26-22(23-2)25-14-17-9-11-21(27-3)24-13-17;/h8-13,19H,4-7,14-15H2,1-3H3,(H2,23,25,26);1H. The van der Waals surface area contributed by atoms with Gasteiger partial charge < -0.3 is 20.1 Å². The molecule has 7 heteroatoms. The van der Waals surface area contributed by atoms with Crippen molar-refractivity contribution in [1.82, 2.24) is 15.6 Å². The number of nitrogens with one attached hydrogen (secondary N) is 2. The number of guanidine groups is 1. The van der Waals surface area contributed by atoms with Gasteiger partial charge in [0.25, 0.3) is 0 Å². The van der Waals surface area contributed by atoms with Crippen LogP contribution >= 0.6 is 24.0 Å². The highest BCUT2D eigenvalue weighted by Gasteiger charge is 2.18. The fraction of sp³-hybridized carbons (Fsp3) is 0.455. The average molecular weight is 510 g/mol. The normalized spacial score (nSPS) is 14.2. The molecule has 0 saturated heterocycles. The smallest absolute Gasteiger partial charge is 0.212 e. The van der Waals surface area contributed by atoms with Crippen LogP contribution < -0.4 is 20.1 Å². The van der Waals surface area contributed by atoms with Crippen molar-refractivity contribution in [2.45, 2.75) is 51.8 Å². The van der Waals surface area contributed by atoms with Gasteiger partial charge in [-0.1, -0.05) is 18.2 Å². The summed E-state index contributed by atoms with van der Waals surface area (Å²) in [5.41, 5.74) is 3.42. The molecule has 2 aromatic rings. The van der Waals surface area contributed by atoms with Crippen LogP contribution in [0.15, 0.2) is 41.5 Å². The van der Waals surface area contributed by atoms with Crippen molar-refractivity contribution in [3.8, 4) is 11.6 Å². The molecule has 1 fully saturated rings. The Bertz CT molecular complexity index is 790. The molecule has 1 aliphatic rings. The Balaban J connectivity index is 0.00000300. The van der Waals surface area contributed by atoms with E-state index in [1.165, 1.54) is 18.4 Å². The number of nitrogens with zero attached hydrogens (tertiary/aromatic N) is 2. The van der Waals surface area contributed by atoms with Crippen LogP contribution in [0.25, 0.3) is 0 Å². The molecule has 3 rings (SSSR count). The van der Waals surface area contributed by atoms with Gasteiger partial charge in [-0.15, -0.1) is 24.0 Å². The third-order valence-corrected chi connectivity index (χ3v) is 4.96. The summed E-state index contributed by atoms with van der Waals surface area (Å²) in [6.45, 7) is 3.39. The first-order chi connectivity index (χ1) is 13.7. The van der Waals surface area contributed by atoms with Gasteiger partial charge in [-0.25, -0.2) is 4.98 Å². The second kappa shape index (κ2) is 11.8. The molecule has 1 saturated carbocycles. The fourth-order valence-electron chi connectivity index (χ4n) is 3.32. The molecule has 0 radical (unpaired) electrons. The van der Waals surface area contributed by atoms with Crippen LogP contribution in [0.2, 0.25) is 0 Å². The van der Waals surface area contributed by atoms with Crippen molar-refractivity contribution in [2.24, 2.45) is 4.99 Å². The van der Waals surface area contributed by atoms with Crippen molar-refractivity contribution in [3.05, 3.63) is 53.2 Å². The minimum Gasteiger partial charge on any atom is -0.490 e. The summed E-state index contributed by atoms with van der Waals surface area (Å²) in [6, 6.07) is 10.2. The number of hydrogen-bond donors (Lipinski definition) is 2. The Hall–Kier alpha value is -2.03. The third-order valence-electron chi connectivity index (χ3n) is 4.96. The predicted octanol–water partition coefficient (Wildman–Crippen LogP) is 4.20. The van der Waals surface area contributed by atoms with Crippen LogP contribution in [-0.4, -0.2) is 31.2 Å². The van der Waals surface area contributed by atoms with Crippen molar-refractivity contribution in [2.75, 3.05) is 14.2 Å². The van der Waals surface area contributed by atoms with Gasteiger partial charge in [-0.3, -0.25) is 4.99 Å². The van der Waals surface area contributed by atoms with Gasteiger partial charge in [0.05, 0.1) is 13.2 Å². The summed E-state index contributed by atoms with van der Waals surface area (Å²) in [6.07, 6.45) is 6.98. The van der Waals surface area contributed by atoms with E-state index in [4.69, 9.17) is 9.47 Å². The van der Waals surface area contributed by atoms with Crippen molar-refractivity contribution in [3.63, 3.8) is 0 Å². The zero-order chi connectivity index (χ0) is 19.8. The molecule has 1 aromatic heterocycles. The lowest BCUT2D eigenvalue weighted by Crippen LogP contribution is -2.36. The third kappa shape index (κ3) is 7.06. The number of benzene rings is 1. The molecule has 0 atom stereocenters. The summed E-state index contributed by atoms with van der Waals surface area (Å²) < 4.78 is 11.4. The first kappa shape index (κ1) is 23.3. The molecular weight excluding hydrogens is 479 g/mol. The minimum absolute atomic E-state index is 0. The summed E-state index contributed by atoms with van der Waals surface area (Å²) >= 11 is 0. The van der Waals surface area contributed by atoms with E-state index in [0.29, 0.717) is 25.1 Å². The molecule has 0 bridgehead atoms. The van der Waals surface area contributed by atoms with E-state index in [0.717, 1.165) is 35.7 Å². The maximum Gasteiger partial charge on any atom is 0.212 e. The molecule has 1 heterocycles. The first-order valence-corrected chi connectivity index (χ1v) is 9.87. The number of aliphatic imine (C=N–C) groups is 1. The highest BCUT2D eigenvalue weighted by Crippen LogP contribution is 2.27. The monoisotopic (exact) mass is 510 g/mol. The van der Waals surface area contributed by atoms with E-state index in [2.05, 4.69) is 45.7 Å². The molecule has 29 heavy (non-hydrogen) atoms. The quantitative estimate of drug-likeness (QED) is 0.332. The molecule has 6 nitrogen and oxygen atoms in total. The van der Waals surface area contributed by atoms with Crippen LogP contribution in [0.5, 0.6) is 11.6 Å². The fourth-order valence-corrected chi connectivity index (χ4v) is 3.32. The van der Waals surface area contributed by atoms with E-state index in [1.54, 1.807) is 20.4 Å². The SMILES string of the molecule is CN=C(NCc1ccc(OC)nc1)NCc1ccc(C)cc1OC1CCCC1.I. The van der Waals surface area contributed by atoms with Gasteiger partial charge in [-0.2, -0.15) is 0 Å². The predicted molar refractivity (Wildman–Crippen MR) is 127 cm³/mol. The lowest BCUT2D eigenvalue weighted by molar-refractivity contribution is 0.207. The second-order valence-corrected chi connectivity index (χ2v) is 7.12. The molecule has 0 aliphatic heterocycles. The Morgan fingerprint density at radius 2 is 1.90 bits per heavy atom. The number of aryl methyl sites for hydroxylation is 1. The Morgan fingerprint density at radius 1 is 1.14 bits per heavy atom. The van der Waals surface area contributed by atoms with Crippen LogP contribution in [0.1, 0.15) is 42.4 Å². The lowest BCUT2D eigenvalue weighted by Gasteiger charge is -2.18. The largest absolute Gasteiger partial charge is 0.490 e. The molecule has 0 spiro atoms. The lowest BCUT2D eigenvalue weighted by atomic mass is 10.1. The Kier molecular flexibility index (Phi) is 9.50. The maximum absolute atomic E-state index is 6.28. The van der Waals surface area contributed by atoms with Gasteiger partial charge in [-0.05, 0) is 49.8 Å². The maximum atomic E-state index is 6.28. The average Bonchev–Trinajstić information content (AvgIpc) is 3.23. The van der Waals surface area contributed by atoms with Crippen LogP contribution in [-0.2, 0) is 13.1 Å². The zero-order valence-corrected chi connectivity index (χ0v) is 19.7. The molecular formula is C22H31IN4O2. The highest BCUT2D eigenvalue weighted by molar-refractivity contribution is 14.0. The number of aromatic nitrogens is 1. The number of methoxy groups -OCH3 is 1. The van der Waals surface area contributed by atoms with Gasteiger partial charge in [0, 0.05) is 38.0 Å². The number of rotatable bonds is 7. The van der Waals surface area contributed by atoms with Crippen LogP contribution in [0.4, 0.5) is 0 Å². The van der Waals surface area contributed by atoms with Gasteiger partial charge in [0.1, 0.15) is 5.75 Å². The second-order valence-electron chi connectivity index (χ2n) is 7.12. The molecule has 158 valence electrons. The summed E-state index contributed by atoms with van der Waals surface area (Å²) in [4.78, 5) is 8.54. The molecule has 0 unspecified atom stereocenters. The van der Waals surface area contributed by atoms with Crippen molar-refractivity contribution < 1.29 is 9.47 Å². The Morgan fingerprint density at radius 3 is 2.55 bits per heavy atom. The molecule has 2 N–H and O–H groups in total. The number of halogens is 1. The van der Waals surface area contributed by atoms with Crippen molar-refractivity contribution in [1.29, 1.82) is 0 Å². The van der Waals surface area contributed by atoms with E-state index in [-0.39, 0.29) is 24.0 Å². The van der Waals surface area contributed by atoms with E-state index >= 15 is 0 Å². The van der Waals surface area contributed by atoms with Gasteiger partial charge >= 0.3 is 0 Å². The van der Waals surface area contributed by atoms with E-state index < -0.39 is 0 Å². The van der Waals surface area contributed by atoms with Crippen LogP contribution in [0, 0.1) is 6.92 Å². The van der Waals surface area contributed by atoms with Crippen molar-refractivity contribution >= 4 is 29.9 Å². The zero-order valence-electron chi connectivity index (χ0n) is 17.4. The number of pyridine rings is 1. The van der Waals surface area contributed by atoms with Gasteiger partial charge in [0.2, 0.25) is 5.88 Å². The molecule has 1 aromatic carbocycles. The van der Waals surface area contributed by atoms with Crippen LogP contribution in [0.3, 0.4) is 0 Å².